The predicted molar refractivity (Wildman–Crippen MR) is 57.3 cm³/mol. The molecule has 0 unspecified atom stereocenters. The summed E-state index contributed by atoms with van der Waals surface area (Å²) in [4.78, 5) is 0. The quantitative estimate of drug-likeness (QED) is 0.757. The van der Waals surface area contributed by atoms with E-state index in [0.29, 0.717) is 6.04 Å². The first-order valence-corrected chi connectivity index (χ1v) is 5.46. The van der Waals surface area contributed by atoms with Gasteiger partial charge in [0.05, 0.1) is 11.7 Å². The number of aromatic nitrogens is 2. The highest BCUT2D eigenvalue weighted by atomic mass is 16.2. The molecule has 0 fully saturated rings. The molecule has 80 valence electrons. The summed E-state index contributed by atoms with van der Waals surface area (Å²) in [6.45, 7) is 4.62. The highest BCUT2D eigenvalue weighted by molar-refractivity contribution is 4.99. The summed E-state index contributed by atoms with van der Waals surface area (Å²) in [7, 11) is 0. The van der Waals surface area contributed by atoms with Gasteiger partial charge in [-0.25, -0.2) is 0 Å². The van der Waals surface area contributed by atoms with Crippen molar-refractivity contribution in [3.63, 3.8) is 0 Å². The second-order valence-electron chi connectivity index (χ2n) is 3.58. The van der Waals surface area contributed by atoms with Crippen molar-refractivity contribution in [2.75, 3.05) is 6.61 Å². The van der Waals surface area contributed by atoms with E-state index in [1.165, 1.54) is 0 Å². The molecule has 0 amide bonds. The molecule has 1 rings (SSSR count). The van der Waals surface area contributed by atoms with Gasteiger partial charge in [-0.3, -0.25) is 4.68 Å². The molecule has 0 bridgehead atoms. The van der Waals surface area contributed by atoms with Gasteiger partial charge in [0, 0.05) is 12.8 Å². The fraction of sp³-hybridized carbons (Fsp3) is 0.727. The van der Waals surface area contributed by atoms with Crippen LogP contribution in [0.1, 0.15) is 44.8 Å². The summed E-state index contributed by atoms with van der Waals surface area (Å²) < 4.78 is 2.05. The van der Waals surface area contributed by atoms with Gasteiger partial charge in [-0.15, -0.1) is 0 Å². The van der Waals surface area contributed by atoms with Crippen LogP contribution in [0.15, 0.2) is 12.3 Å². The Kier molecular flexibility index (Phi) is 4.66. The van der Waals surface area contributed by atoms with E-state index >= 15 is 0 Å². The van der Waals surface area contributed by atoms with E-state index in [1.807, 2.05) is 16.9 Å². The number of nitrogens with zero attached hydrogens (tertiary/aromatic N) is 2. The molecule has 1 heterocycles. The molecule has 1 aromatic heterocycles. The third kappa shape index (κ3) is 2.84. The smallest absolute Gasteiger partial charge is 0.0625 e. The van der Waals surface area contributed by atoms with Gasteiger partial charge < -0.3 is 5.11 Å². The SMILES string of the molecule is CCC(CC)n1ccc(CCCO)n1. The van der Waals surface area contributed by atoms with Crippen molar-refractivity contribution >= 4 is 0 Å². The summed E-state index contributed by atoms with van der Waals surface area (Å²) in [6.07, 6.45) is 5.98. The zero-order valence-electron chi connectivity index (χ0n) is 9.11. The summed E-state index contributed by atoms with van der Waals surface area (Å²) in [5.41, 5.74) is 1.09. The highest BCUT2D eigenvalue weighted by Crippen LogP contribution is 2.14. The molecule has 14 heavy (non-hydrogen) atoms. The van der Waals surface area contributed by atoms with Gasteiger partial charge in [0.15, 0.2) is 0 Å². The Labute approximate surface area is 85.8 Å². The van der Waals surface area contributed by atoms with Crippen LogP contribution in [0.5, 0.6) is 0 Å². The molecule has 0 saturated carbocycles. The van der Waals surface area contributed by atoms with Gasteiger partial charge in [0.2, 0.25) is 0 Å². The van der Waals surface area contributed by atoms with Gasteiger partial charge in [-0.05, 0) is 31.7 Å². The minimum atomic E-state index is 0.248. The fourth-order valence-corrected chi connectivity index (χ4v) is 1.64. The van der Waals surface area contributed by atoms with Gasteiger partial charge in [0.1, 0.15) is 0 Å². The monoisotopic (exact) mass is 196 g/mol. The Morgan fingerprint density at radius 3 is 2.71 bits per heavy atom. The van der Waals surface area contributed by atoms with E-state index in [1.54, 1.807) is 0 Å². The van der Waals surface area contributed by atoms with Gasteiger partial charge in [-0.1, -0.05) is 13.8 Å². The lowest BCUT2D eigenvalue weighted by atomic mass is 10.2. The molecular formula is C11H20N2O. The topological polar surface area (TPSA) is 38.0 Å². The van der Waals surface area contributed by atoms with Crippen molar-refractivity contribution in [2.45, 2.75) is 45.6 Å². The number of rotatable bonds is 6. The number of hydrogen-bond acceptors (Lipinski definition) is 2. The molecular weight excluding hydrogens is 176 g/mol. The second-order valence-corrected chi connectivity index (χ2v) is 3.58. The first-order valence-electron chi connectivity index (χ1n) is 5.46. The maximum atomic E-state index is 8.70. The highest BCUT2D eigenvalue weighted by Gasteiger charge is 2.07. The van der Waals surface area contributed by atoms with E-state index < -0.39 is 0 Å². The standard InChI is InChI=1S/C11H20N2O/c1-3-11(4-2)13-8-7-10(12-13)6-5-9-14/h7-8,11,14H,3-6,9H2,1-2H3. The Hall–Kier alpha value is -0.830. The molecule has 0 radical (unpaired) electrons. The Morgan fingerprint density at radius 1 is 1.43 bits per heavy atom. The molecule has 0 aromatic carbocycles. The number of hydrogen-bond donors (Lipinski definition) is 1. The lowest BCUT2D eigenvalue weighted by Crippen LogP contribution is -2.07. The van der Waals surface area contributed by atoms with E-state index in [-0.39, 0.29) is 6.61 Å². The van der Waals surface area contributed by atoms with Crippen LogP contribution in [0.4, 0.5) is 0 Å². The van der Waals surface area contributed by atoms with Crippen LogP contribution < -0.4 is 0 Å². The molecule has 0 aliphatic heterocycles. The summed E-state index contributed by atoms with van der Waals surface area (Å²) in [5.74, 6) is 0. The maximum Gasteiger partial charge on any atom is 0.0625 e. The van der Waals surface area contributed by atoms with Gasteiger partial charge in [-0.2, -0.15) is 5.10 Å². The molecule has 1 aromatic rings. The van der Waals surface area contributed by atoms with E-state index in [2.05, 4.69) is 18.9 Å². The molecule has 0 saturated heterocycles. The minimum Gasteiger partial charge on any atom is -0.396 e. The van der Waals surface area contributed by atoms with E-state index in [9.17, 15) is 0 Å². The van der Waals surface area contributed by atoms with Gasteiger partial charge >= 0.3 is 0 Å². The van der Waals surface area contributed by atoms with Crippen LogP contribution in [0.2, 0.25) is 0 Å². The maximum absolute atomic E-state index is 8.70. The van der Waals surface area contributed by atoms with Gasteiger partial charge in [0.25, 0.3) is 0 Å². The van der Waals surface area contributed by atoms with Crippen molar-refractivity contribution in [2.24, 2.45) is 0 Å². The first-order chi connectivity index (χ1) is 6.81. The first kappa shape index (κ1) is 11.2. The molecule has 3 heteroatoms. The van der Waals surface area contributed by atoms with Crippen molar-refractivity contribution in [1.29, 1.82) is 0 Å². The normalized spacial score (nSPS) is 11.1. The lowest BCUT2D eigenvalue weighted by Gasteiger charge is -2.12. The predicted octanol–water partition coefficient (Wildman–Crippen LogP) is 2.17. The second kappa shape index (κ2) is 5.81. The summed E-state index contributed by atoms with van der Waals surface area (Å²) in [6, 6.07) is 2.58. The summed E-state index contributed by atoms with van der Waals surface area (Å²) >= 11 is 0. The van der Waals surface area contributed by atoms with E-state index in [0.717, 1.165) is 31.4 Å². The minimum absolute atomic E-state index is 0.248. The van der Waals surface area contributed by atoms with Crippen LogP contribution in [-0.4, -0.2) is 21.5 Å². The van der Waals surface area contributed by atoms with Crippen molar-refractivity contribution in [1.82, 2.24) is 9.78 Å². The number of aliphatic hydroxyl groups is 1. The zero-order chi connectivity index (χ0) is 10.4. The van der Waals surface area contributed by atoms with Crippen LogP contribution in [0, 0.1) is 0 Å². The van der Waals surface area contributed by atoms with Crippen molar-refractivity contribution in [3.8, 4) is 0 Å². The average molecular weight is 196 g/mol. The fourth-order valence-electron chi connectivity index (χ4n) is 1.64. The molecule has 1 N–H and O–H groups in total. The Balaban J connectivity index is 2.57. The Bertz CT molecular complexity index is 254. The Morgan fingerprint density at radius 2 is 2.14 bits per heavy atom. The lowest BCUT2D eigenvalue weighted by molar-refractivity contribution is 0.287. The molecule has 0 atom stereocenters. The zero-order valence-corrected chi connectivity index (χ0v) is 9.11. The number of aliphatic hydroxyl groups excluding tert-OH is 1. The average Bonchev–Trinajstić information content (AvgIpc) is 2.65. The third-order valence-corrected chi connectivity index (χ3v) is 2.57. The molecule has 0 aliphatic carbocycles. The van der Waals surface area contributed by atoms with Crippen molar-refractivity contribution < 1.29 is 5.11 Å². The van der Waals surface area contributed by atoms with Crippen LogP contribution in [0.3, 0.4) is 0 Å². The van der Waals surface area contributed by atoms with Crippen LogP contribution in [-0.2, 0) is 6.42 Å². The summed E-state index contributed by atoms with van der Waals surface area (Å²) in [5, 5.41) is 13.2. The molecule has 0 aliphatic rings. The molecule has 3 nitrogen and oxygen atoms in total. The van der Waals surface area contributed by atoms with Crippen molar-refractivity contribution in [3.05, 3.63) is 18.0 Å². The molecule has 0 spiro atoms. The van der Waals surface area contributed by atoms with Crippen LogP contribution in [0.25, 0.3) is 0 Å². The van der Waals surface area contributed by atoms with Crippen LogP contribution >= 0.6 is 0 Å². The largest absolute Gasteiger partial charge is 0.396 e. The third-order valence-electron chi connectivity index (χ3n) is 2.57. The van der Waals surface area contributed by atoms with E-state index in [4.69, 9.17) is 5.11 Å². The number of aryl methyl sites for hydroxylation is 1.